The first-order valence-corrected chi connectivity index (χ1v) is 4.70. The van der Waals surface area contributed by atoms with Crippen molar-refractivity contribution < 1.29 is 4.79 Å². The van der Waals surface area contributed by atoms with Gasteiger partial charge in [-0.2, -0.15) is 0 Å². The Kier molecular flexibility index (Phi) is 3.18. The van der Waals surface area contributed by atoms with Crippen molar-refractivity contribution in [3.05, 3.63) is 0 Å². The van der Waals surface area contributed by atoms with Crippen LogP contribution in [0.15, 0.2) is 0 Å². The molecule has 1 aliphatic rings. The van der Waals surface area contributed by atoms with Crippen molar-refractivity contribution in [2.75, 3.05) is 0 Å². The van der Waals surface area contributed by atoms with Crippen molar-refractivity contribution in [3.63, 3.8) is 0 Å². The number of terminal acetylenes is 1. The number of hydrogen-bond donors (Lipinski definition) is 2. The Morgan fingerprint density at radius 2 is 2.38 bits per heavy atom. The summed E-state index contributed by atoms with van der Waals surface area (Å²) in [4.78, 5) is 11.2. The topological polar surface area (TPSA) is 41.1 Å². The zero-order valence-electron chi connectivity index (χ0n) is 8.13. The van der Waals surface area contributed by atoms with Crippen LogP contribution in [-0.2, 0) is 0 Å². The van der Waals surface area contributed by atoms with Crippen LogP contribution in [0.1, 0.15) is 26.7 Å². The van der Waals surface area contributed by atoms with E-state index in [1.807, 2.05) is 6.92 Å². The van der Waals surface area contributed by atoms with Crippen LogP contribution in [-0.4, -0.2) is 18.1 Å². The Bertz CT molecular complexity index is 232. The largest absolute Gasteiger partial charge is 0.335 e. The van der Waals surface area contributed by atoms with Gasteiger partial charge in [0.25, 0.3) is 0 Å². The van der Waals surface area contributed by atoms with Gasteiger partial charge in [-0.15, -0.1) is 6.42 Å². The average Bonchev–Trinajstić information content (AvgIpc) is 2.77. The van der Waals surface area contributed by atoms with Gasteiger partial charge in [0.1, 0.15) is 0 Å². The molecule has 1 fully saturated rings. The van der Waals surface area contributed by atoms with Crippen LogP contribution < -0.4 is 10.6 Å². The standard InChI is InChI=1S/C10H16N2O/c1-4-8(5-2)11-10(13)12-9-6-7(9)3/h1,7-9H,5-6H2,2-3H3,(H2,11,12,13). The van der Waals surface area contributed by atoms with Crippen molar-refractivity contribution in [1.29, 1.82) is 0 Å². The monoisotopic (exact) mass is 180 g/mol. The number of amides is 2. The molecule has 0 heterocycles. The first-order chi connectivity index (χ1) is 6.17. The van der Waals surface area contributed by atoms with E-state index in [1.54, 1.807) is 0 Å². The second-order valence-electron chi connectivity index (χ2n) is 3.56. The number of carbonyl (C=O) groups is 1. The van der Waals surface area contributed by atoms with Crippen molar-refractivity contribution >= 4 is 6.03 Å². The molecule has 1 rings (SSSR count). The Morgan fingerprint density at radius 1 is 1.77 bits per heavy atom. The highest BCUT2D eigenvalue weighted by Gasteiger charge is 2.33. The van der Waals surface area contributed by atoms with Crippen LogP contribution in [0, 0.1) is 18.3 Å². The molecule has 3 heteroatoms. The molecule has 0 saturated heterocycles. The highest BCUT2D eigenvalue weighted by Crippen LogP contribution is 2.28. The van der Waals surface area contributed by atoms with E-state index >= 15 is 0 Å². The molecule has 1 aliphatic carbocycles. The Hall–Kier alpha value is -1.17. The number of rotatable bonds is 3. The lowest BCUT2D eigenvalue weighted by Crippen LogP contribution is -2.42. The first kappa shape index (κ1) is 9.91. The maximum atomic E-state index is 11.2. The molecule has 3 nitrogen and oxygen atoms in total. The van der Waals surface area contributed by atoms with Gasteiger partial charge in [-0.25, -0.2) is 4.79 Å². The Morgan fingerprint density at radius 3 is 2.77 bits per heavy atom. The average molecular weight is 180 g/mol. The molecule has 13 heavy (non-hydrogen) atoms. The molecule has 0 aromatic carbocycles. The molecule has 1 saturated carbocycles. The summed E-state index contributed by atoms with van der Waals surface area (Å²) in [5.41, 5.74) is 0. The molecule has 0 aliphatic heterocycles. The maximum Gasteiger partial charge on any atom is 0.315 e. The summed E-state index contributed by atoms with van der Waals surface area (Å²) < 4.78 is 0. The number of urea groups is 1. The molecule has 0 aromatic rings. The lowest BCUT2D eigenvalue weighted by Gasteiger charge is -2.11. The lowest BCUT2D eigenvalue weighted by molar-refractivity contribution is 0.238. The summed E-state index contributed by atoms with van der Waals surface area (Å²) in [6.45, 7) is 4.06. The molecule has 72 valence electrons. The van der Waals surface area contributed by atoms with Gasteiger partial charge in [0, 0.05) is 6.04 Å². The fourth-order valence-corrected chi connectivity index (χ4v) is 1.15. The summed E-state index contributed by atoms with van der Waals surface area (Å²) in [5.74, 6) is 3.14. The summed E-state index contributed by atoms with van der Waals surface area (Å²) >= 11 is 0. The van der Waals surface area contributed by atoms with Crippen molar-refractivity contribution in [2.45, 2.75) is 38.8 Å². The highest BCUT2D eigenvalue weighted by molar-refractivity contribution is 5.75. The molecular formula is C10H16N2O. The third-order valence-electron chi connectivity index (χ3n) is 2.34. The molecule has 2 N–H and O–H groups in total. The molecule has 0 bridgehead atoms. The fraction of sp³-hybridized carbons (Fsp3) is 0.700. The van der Waals surface area contributed by atoms with Crippen LogP contribution in [0.4, 0.5) is 4.79 Å². The van der Waals surface area contributed by atoms with E-state index < -0.39 is 0 Å². The van der Waals surface area contributed by atoms with Crippen LogP contribution >= 0.6 is 0 Å². The Labute approximate surface area is 79.3 Å². The summed E-state index contributed by atoms with van der Waals surface area (Å²) in [6, 6.07) is 0.0727. The Balaban J connectivity index is 2.21. The normalized spacial score (nSPS) is 27.2. The maximum absolute atomic E-state index is 11.2. The van der Waals surface area contributed by atoms with E-state index in [1.165, 1.54) is 0 Å². The first-order valence-electron chi connectivity index (χ1n) is 4.70. The molecule has 3 atom stereocenters. The van der Waals surface area contributed by atoms with E-state index in [0.29, 0.717) is 12.0 Å². The van der Waals surface area contributed by atoms with Crippen LogP contribution in [0.5, 0.6) is 0 Å². The van der Waals surface area contributed by atoms with Crippen molar-refractivity contribution in [1.82, 2.24) is 10.6 Å². The predicted molar refractivity (Wildman–Crippen MR) is 52.1 cm³/mol. The number of nitrogens with one attached hydrogen (secondary N) is 2. The minimum absolute atomic E-state index is 0.140. The van der Waals surface area contributed by atoms with E-state index in [0.717, 1.165) is 12.8 Å². The lowest BCUT2D eigenvalue weighted by atomic mass is 10.2. The minimum atomic E-state index is -0.144. The van der Waals surface area contributed by atoms with E-state index in [2.05, 4.69) is 23.5 Å². The summed E-state index contributed by atoms with van der Waals surface area (Å²) in [7, 11) is 0. The molecular weight excluding hydrogens is 164 g/mol. The summed E-state index contributed by atoms with van der Waals surface area (Å²) in [6.07, 6.45) is 7.06. The van der Waals surface area contributed by atoms with Crippen LogP contribution in [0.3, 0.4) is 0 Å². The van der Waals surface area contributed by atoms with E-state index in [4.69, 9.17) is 6.42 Å². The molecule has 0 aromatic heterocycles. The SMILES string of the molecule is C#CC(CC)NC(=O)NC1CC1C. The highest BCUT2D eigenvalue weighted by atomic mass is 16.2. The quantitative estimate of drug-likeness (QED) is 0.627. The van der Waals surface area contributed by atoms with Crippen LogP contribution in [0.25, 0.3) is 0 Å². The van der Waals surface area contributed by atoms with Gasteiger partial charge in [0.2, 0.25) is 0 Å². The third-order valence-corrected chi connectivity index (χ3v) is 2.34. The molecule has 2 amide bonds. The van der Waals surface area contributed by atoms with Gasteiger partial charge in [-0.3, -0.25) is 0 Å². The molecule has 0 spiro atoms. The third kappa shape index (κ3) is 2.98. The number of hydrogen-bond acceptors (Lipinski definition) is 1. The number of carbonyl (C=O) groups excluding carboxylic acids is 1. The smallest absolute Gasteiger partial charge is 0.315 e. The summed E-state index contributed by atoms with van der Waals surface area (Å²) in [5, 5.41) is 5.58. The van der Waals surface area contributed by atoms with E-state index in [9.17, 15) is 4.79 Å². The van der Waals surface area contributed by atoms with Gasteiger partial charge < -0.3 is 10.6 Å². The molecule has 3 unspecified atom stereocenters. The van der Waals surface area contributed by atoms with Gasteiger partial charge in [0.15, 0.2) is 0 Å². The zero-order valence-corrected chi connectivity index (χ0v) is 8.13. The molecule has 0 radical (unpaired) electrons. The van der Waals surface area contributed by atoms with Gasteiger partial charge in [0.05, 0.1) is 6.04 Å². The van der Waals surface area contributed by atoms with Crippen molar-refractivity contribution in [3.8, 4) is 12.3 Å². The predicted octanol–water partition coefficient (Wildman–Crippen LogP) is 1.11. The van der Waals surface area contributed by atoms with Crippen molar-refractivity contribution in [2.24, 2.45) is 5.92 Å². The minimum Gasteiger partial charge on any atom is -0.335 e. The van der Waals surface area contributed by atoms with Gasteiger partial charge in [-0.1, -0.05) is 19.8 Å². The van der Waals surface area contributed by atoms with Crippen LogP contribution in [0.2, 0.25) is 0 Å². The zero-order chi connectivity index (χ0) is 9.84. The van der Waals surface area contributed by atoms with Gasteiger partial charge in [-0.05, 0) is 18.8 Å². The second kappa shape index (κ2) is 4.18. The van der Waals surface area contributed by atoms with E-state index in [-0.39, 0.29) is 12.1 Å². The fourth-order valence-electron chi connectivity index (χ4n) is 1.15. The second-order valence-corrected chi connectivity index (χ2v) is 3.56. The van der Waals surface area contributed by atoms with Gasteiger partial charge >= 0.3 is 6.03 Å².